The van der Waals surface area contributed by atoms with Crippen LogP contribution in [0.4, 0.5) is 0 Å². The van der Waals surface area contributed by atoms with Crippen LogP contribution >= 0.6 is 12.4 Å². The fourth-order valence-electron chi connectivity index (χ4n) is 0.848. The van der Waals surface area contributed by atoms with Gasteiger partial charge < -0.3 is 11.1 Å². The molecular weight excluding hydrogens is 266 g/mol. The van der Waals surface area contributed by atoms with Crippen molar-refractivity contribution in [3.8, 4) is 0 Å². The highest BCUT2D eigenvalue weighted by molar-refractivity contribution is 7.89. The Hall–Kier alpha value is -0.370. The van der Waals surface area contributed by atoms with Crippen molar-refractivity contribution in [2.24, 2.45) is 5.73 Å². The molecular formula is C9H22ClN3O3S. The molecule has 4 N–H and O–H groups in total. The molecule has 0 heterocycles. The first-order valence-electron chi connectivity index (χ1n) is 5.23. The first kappa shape index (κ1) is 19.0. The molecule has 17 heavy (non-hydrogen) atoms. The first-order chi connectivity index (χ1) is 7.19. The number of amides is 1. The van der Waals surface area contributed by atoms with Crippen molar-refractivity contribution in [2.75, 3.05) is 18.8 Å². The summed E-state index contributed by atoms with van der Waals surface area (Å²) >= 11 is 0. The average molecular weight is 288 g/mol. The van der Waals surface area contributed by atoms with Crippen molar-refractivity contribution >= 4 is 28.3 Å². The van der Waals surface area contributed by atoms with E-state index in [9.17, 15) is 13.2 Å². The lowest BCUT2D eigenvalue weighted by Gasteiger charge is -2.17. The van der Waals surface area contributed by atoms with Gasteiger partial charge in [-0.1, -0.05) is 0 Å². The maximum Gasteiger partial charge on any atom is 0.239 e. The molecule has 0 saturated heterocycles. The number of nitrogens with one attached hydrogen (secondary N) is 2. The van der Waals surface area contributed by atoms with Gasteiger partial charge in [0.25, 0.3) is 0 Å². The smallest absolute Gasteiger partial charge is 0.239 e. The third-order valence-electron chi connectivity index (χ3n) is 1.93. The summed E-state index contributed by atoms with van der Waals surface area (Å²) in [4.78, 5) is 11.3. The summed E-state index contributed by atoms with van der Waals surface area (Å²) in [6.07, 6.45) is 0.543. The maximum absolute atomic E-state index is 11.3. The summed E-state index contributed by atoms with van der Waals surface area (Å²) in [5, 5.41) is 2.63. The molecule has 0 aliphatic heterocycles. The number of hydrogen-bond acceptors (Lipinski definition) is 4. The van der Waals surface area contributed by atoms with Gasteiger partial charge in [0.1, 0.15) is 0 Å². The van der Waals surface area contributed by atoms with E-state index in [2.05, 4.69) is 10.0 Å². The van der Waals surface area contributed by atoms with Gasteiger partial charge in [-0.2, -0.15) is 0 Å². The topological polar surface area (TPSA) is 101 Å². The second-order valence-corrected chi connectivity index (χ2v) is 6.22. The van der Waals surface area contributed by atoms with Gasteiger partial charge in [0, 0.05) is 13.1 Å². The van der Waals surface area contributed by atoms with Gasteiger partial charge in [0.15, 0.2) is 0 Å². The Labute approximate surface area is 109 Å². The first-order valence-corrected chi connectivity index (χ1v) is 6.89. The molecule has 0 radical (unpaired) electrons. The van der Waals surface area contributed by atoms with Crippen molar-refractivity contribution in [1.82, 2.24) is 10.0 Å². The largest absolute Gasteiger partial charge is 0.354 e. The molecule has 1 amide bonds. The summed E-state index contributed by atoms with van der Waals surface area (Å²) < 4.78 is 24.5. The molecule has 8 heteroatoms. The quantitative estimate of drug-likeness (QED) is 0.554. The molecule has 0 saturated carbocycles. The minimum absolute atomic E-state index is 0. The standard InChI is InChI=1S/C9H21N3O3S.ClH/c1-4-16(14,15)12-7-5-6-11-8(13)9(2,3)10;/h12H,4-7,10H2,1-3H3,(H,11,13);1H. The summed E-state index contributed by atoms with van der Waals surface area (Å²) in [5.74, 6) is -0.180. The summed E-state index contributed by atoms with van der Waals surface area (Å²) in [6.45, 7) is 5.53. The lowest BCUT2D eigenvalue weighted by atomic mass is 10.1. The van der Waals surface area contributed by atoms with Crippen LogP contribution in [0.1, 0.15) is 27.2 Å². The zero-order chi connectivity index (χ0) is 12.8. The van der Waals surface area contributed by atoms with Crippen molar-refractivity contribution in [3.63, 3.8) is 0 Å². The molecule has 0 aromatic rings. The van der Waals surface area contributed by atoms with E-state index in [1.165, 1.54) is 0 Å². The lowest BCUT2D eigenvalue weighted by Crippen LogP contribution is -2.49. The zero-order valence-corrected chi connectivity index (χ0v) is 12.1. The Morgan fingerprint density at radius 3 is 2.24 bits per heavy atom. The number of rotatable bonds is 7. The molecule has 0 bridgehead atoms. The number of hydrogen-bond donors (Lipinski definition) is 3. The van der Waals surface area contributed by atoms with Crippen LogP contribution in [0, 0.1) is 0 Å². The fourth-order valence-corrected chi connectivity index (χ4v) is 1.51. The van der Waals surface area contributed by atoms with Gasteiger partial charge in [-0.3, -0.25) is 4.79 Å². The summed E-state index contributed by atoms with van der Waals surface area (Å²) in [6, 6.07) is 0. The molecule has 0 atom stereocenters. The molecule has 104 valence electrons. The number of nitrogens with two attached hydrogens (primary N) is 1. The van der Waals surface area contributed by atoms with Gasteiger partial charge in [0.2, 0.25) is 15.9 Å². The van der Waals surface area contributed by atoms with Gasteiger partial charge in [-0.25, -0.2) is 13.1 Å². The number of sulfonamides is 1. The third kappa shape index (κ3) is 9.34. The summed E-state index contributed by atoms with van der Waals surface area (Å²) in [7, 11) is -3.14. The SMILES string of the molecule is CCS(=O)(=O)NCCCNC(=O)C(C)(C)N.Cl. The van der Waals surface area contributed by atoms with E-state index < -0.39 is 15.6 Å². The number of halogens is 1. The predicted molar refractivity (Wildman–Crippen MR) is 70.6 cm³/mol. The summed E-state index contributed by atoms with van der Waals surface area (Å²) in [5.41, 5.74) is 4.66. The van der Waals surface area contributed by atoms with E-state index in [0.29, 0.717) is 19.5 Å². The zero-order valence-electron chi connectivity index (χ0n) is 10.4. The van der Waals surface area contributed by atoms with Crippen LogP contribution in [0.2, 0.25) is 0 Å². The Morgan fingerprint density at radius 2 is 1.82 bits per heavy atom. The molecule has 0 spiro atoms. The third-order valence-corrected chi connectivity index (χ3v) is 3.33. The Balaban J connectivity index is 0. The van der Waals surface area contributed by atoms with Crippen molar-refractivity contribution in [2.45, 2.75) is 32.7 Å². The second-order valence-electron chi connectivity index (χ2n) is 4.13. The van der Waals surface area contributed by atoms with Crippen molar-refractivity contribution < 1.29 is 13.2 Å². The molecule has 0 aliphatic rings. The normalized spacial score (nSPS) is 11.8. The molecule has 0 unspecified atom stereocenters. The molecule has 0 aromatic carbocycles. The molecule has 0 fully saturated rings. The van der Waals surface area contributed by atoms with E-state index in [-0.39, 0.29) is 24.1 Å². The van der Waals surface area contributed by atoms with Crippen LogP contribution in [0.15, 0.2) is 0 Å². The minimum atomic E-state index is -3.14. The fraction of sp³-hybridized carbons (Fsp3) is 0.889. The number of carbonyl (C=O) groups excluding carboxylic acids is 1. The van der Waals surface area contributed by atoms with Crippen LogP contribution in [0.25, 0.3) is 0 Å². The Kier molecular flexibility index (Phi) is 8.78. The predicted octanol–water partition coefficient (Wildman–Crippen LogP) is -0.409. The monoisotopic (exact) mass is 287 g/mol. The van der Waals surface area contributed by atoms with Crippen LogP contribution < -0.4 is 15.8 Å². The highest BCUT2D eigenvalue weighted by Gasteiger charge is 2.20. The van der Waals surface area contributed by atoms with Gasteiger partial charge >= 0.3 is 0 Å². The van der Waals surface area contributed by atoms with Crippen LogP contribution in [0.5, 0.6) is 0 Å². The van der Waals surface area contributed by atoms with Gasteiger partial charge in [-0.15, -0.1) is 12.4 Å². The van der Waals surface area contributed by atoms with E-state index in [0.717, 1.165) is 0 Å². The van der Waals surface area contributed by atoms with Crippen LogP contribution in [-0.4, -0.2) is 38.7 Å². The van der Waals surface area contributed by atoms with Gasteiger partial charge in [0.05, 0.1) is 11.3 Å². The molecule has 6 nitrogen and oxygen atoms in total. The highest BCUT2D eigenvalue weighted by atomic mass is 35.5. The van der Waals surface area contributed by atoms with E-state index in [4.69, 9.17) is 5.73 Å². The maximum atomic E-state index is 11.3. The second kappa shape index (κ2) is 7.86. The van der Waals surface area contributed by atoms with E-state index in [1.54, 1.807) is 20.8 Å². The van der Waals surface area contributed by atoms with Crippen LogP contribution in [0.3, 0.4) is 0 Å². The minimum Gasteiger partial charge on any atom is -0.354 e. The Morgan fingerprint density at radius 1 is 1.29 bits per heavy atom. The molecule has 0 aliphatic carbocycles. The van der Waals surface area contributed by atoms with Gasteiger partial charge in [-0.05, 0) is 27.2 Å². The van der Waals surface area contributed by atoms with Crippen molar-refractivity contribution in [3.05, 3.63) is 0 Å². The Bertz CT molecular complexity index is 325. The lowest BCUT2D eigenvalue weighted by molar-refractivity contribution is -0.125. The van der Waals surface area contributed by atoms with E-state index in [1.807, 2.05) is 0 Å². The number of carbonyl (C=O) groups is 1. The molecule has 0 aromatic heterocycles. The average Bonchev–Trinajstić information content (AvgIpc) is 2.15. The van der Waals surface area contributed by atoms with Crippen molar-refractivity contribution in [1.29, 1.82) is 0 Å². The molecule has 0 rings (SSSR count). The van der Waals surface area contributed by atoms with E-state index >= 15 is 0 Å². The highest BCUT2D eigenvalue weighted by Crippen LogP contribution is 1.95. The van der Waals surface area contributed by atoms with Crippen LogP contribution in [-0.2, 0) is 14.8 Å².